The minimum Gasteiger partial charge on any atom is -0.396 e. The average molecular weight is 477 g/mol. The van der Waals surface area contributed by atoms with Crippen LogP contribution in [0.1, 0.15) is 43.2 Å². The molecule has 0 radical (unpaired) electrons. The van der Waals surface area contributed by atoms with E-state index in [4.69, 9.17) is 10.8 Å². The predicted octanol–water partition coefficient (Wildman–Crippen LogP) is 2.96. The van der Waals surface area contributed by atoms with Gasteiger partial charge in [-0.25, -0.2) is 9.97 Å². The normalized spacial score (nSPS) is 13.6. The molecular weight excluding hydrogens is 446 g/mol. The highest BCUT2D eigenvalue weighted by Gasteiger charge is 2.20. The number of ether oxygens (including phenoxy) is 1. The summed E-state index contributed by atoms with van der Waals surface area (Å²) in [4.78, 5) is 28.8. The summed E-state index contributed by atoms with van der Waals surface area (Å²) in [5, 5.41) is 11.9. The van der Waals surface area contributed by atoms with Crippen molar-refractivity contribution in [1.29, 1.82) is 0 Å². The number of alkyl halides is 2. The predicted molar refractivity (Wildman–Crippen MR) is 128 cm³/mol. The van der Waals surface area contributed by atoms with E-state index < -0.39 is 12.2 Å². The van der Waals surface area contributed by atoms with Crippen LogP contribution < -0.4 is 11.1 Å². The molecule has 2 rings (SSSR count). The number of allylic oxidation sites excluding steroid dienone is 3. The quantitative estimate of drug-likeness (QED) is 0.223. The largest absolute Gasteiger partial charge is 0.396 e. The minimum absolute atomic E-state index is 0.0629. The summed E-state index contributed by atoms with van der Waals surface area (Å²) in [6, 6.07) is 0. The number of halogens is 2. The zero-order chi connectivity index (χ0) is 25.3. The van der Waals surface area contributed by atoms with Crippen molar-refractivity contribution in [2.75, 3.05) is 19.8 Å². The molecule has 0 unspecified atom stereocenters. The van der Waals surface area contributed by atoms with Crippen molar-refractivity contribution in [2.45, 2.75) is 39.3 Å². The van der Waals surface area contributed by atoms with Crippen molar-refractivity contribution in [2.24, 2.45) is 10.7 Å². The Morgan fingerprint density at radius 2 is 2.18 bits per heavy atom. The van der Waals surface area contributed by atoms with Crippen LogP contribution in [0.4, 0.5) is 8.78 Å². The van der Waals surface area contributed by atoms with Crippen LogP contribution in [0.25, 0.3) is 16.9 Å². The summed E-state index contributed by atoms with van der Waals surface area (Å²) < 4.78 is 28.7. The summed E-state index contributed by atoms with van der Waals surface area (Å²) >= 11 is 0. The van der Waals surface area contributed by atoms with Gasteiger partial charge in [0.25, 0.3) is 5.91 Å². The van der Waals surface area contributed by atoms with E-state index >= 15 is 0 Å². The third-order valence-corrected chi connectivity index (χ3v) is 4.35. The molecule has 5 N–H and O–H groups in total. The maximum absolute atomic E-state index is 12.7. The number of carbonyl (C=O) groups excluding carboxylic acids is 1. The van der Waals surface area contributed by atoms with Gasteiger partial charge in [-0.3, -0.25) is 9.79 Å². The third kappa shape index (κ3) is 7.56. The average Bonchev–Trinajstić information content (AvgIpc) is 3.19. The number of aromatic amines is 1. The number of fused-ring (bicyclic) bond motifs is 1. The fourth-order valence-electron chi connectivity index (χ4n) is 2.88. The van der Waals surface area contributed by atoms with Crippen LogP contribution in [0.15, 0.2) is 47.8 Å². The molecule has 0 aliphatic carbocycles. The molecule has 2 aromatic heterocycles. The van der Waals surface area contributed by atoms with Gasteiger partial charge in [-0.2, -0.15) is 8.78 Å². The molecule has 0 atom stereocenters. The van der Waals surface area contributed by atoms with Crippen molar-refractivity contribution in [3.05, 3.63) is 54.0 Å². The van der Waals surface area contributed by atoms with Gasteiger partial charge in [-0.1, -0.05) is 18.7 Å². The molecule has 0 spiro atoms. The SMILES string of the molecule is C=CC(C(/C=C\COC(F)F)=NCCCO)=C(N)c1cnc2[nH]cc(C(=O)NC(C)(C)C)c2n1. The van der Waals surface area contributed by atoms with E-state index in [2.05, 4.69) is 36.6 Å². The van der Waals surface area contributed by atoms with Crippen molar-refractivity contribution >= 4 is 28.5 Å². The van der Waals surface area contributed by atoms with Crippen molar-refractivity contribution in [1.82, 2.24) is 20.3 Å². The molecular formula is C23H30F2N6O3. The van der Waals surface area contributed by atoms with Crippen molar-refractivity contribution < 1.29 is 23.4 Å². The van der Waals surface area contributed by atoms with Crippen LogP contribution in [-0.4, -0.2) is 63.6 Å². The molecule has 11 heteroatoms. The van der Waals surface area contributed by atoms with Gasteiger partial charge >= 0.3 is 6.61 Å². The van der Waals surface area contributed by atoms with Crippen molar-refractivity contribution in [3.8, 4) is 0 Å². The Balaban J connectivity index is 2.48. The second kappa shape index (κ2) is 12.1. The molecule has 0 aliphatic rings. The van der Waals surface area contributed by atoms with E-state index in [1.54, 1.807) is 0 Å². The monoisotopic (exact) mass is 476 g/mol. The zero-order valence-corrected chi connectivity index (χ0v) is 19.4. The molecule has 184 valence electrons. The Morgan fingerprint density at radius 1 is 1.44 bits per heavy atom. The molecule has 0 saturated heterocycles. The summed E-state index contributed by atoms with van der Waals surface area (Å²) in [7, 11) is 0. The van der Waals surface area contributed by atoms with E-state index in [9.17, 15) is 13.6 Å². The van der Waals surface area contributed by atoms with E-state index in [1.807, 2.05) is 20.8 Å². The first kappa shape index (κ1) is 26.8. The fraction of sp³-hybridized carbons (Fsp3) is 0.391. The molecule has 1 amide bonds. The number of hydrogen-bond donors (Lipinski definition) is 4. The molecule has 0 bridgehead atoms. The topological polar surface area (TPSA) is 139 Å². The molecule has 2 heterocycles. The highest BCUT2D eigenvalue weighted by Crippen LogP contribution is 2.20. The minimum atomic E-state index is -2.90. The van der Waals surface area contributed by atoms with E-state index in [1.165, 1.54) is 30.6 Å². The van der Waals surface area contributed by atoms with Gasteiger partial charge in [0, 0.05) is 30.5 Å². The third-order valence-electron chi connectivity index (χ3n) is 4.35. The number of aliphatic hydroxyl groups excluding tert-OH is 1. The number of nitrogens with two attached hydrogens (primary N) is 1. The zero-order valence-electron chi connectivity index (χ0n) is 19.4. The lowest BCUT2D eigenvalue weighted by atomic mass is 10.1. The van der Waals surface area contributed by atoms with Gasteiger partial charge < -0.3 is 25.9 Å². The number of nitrogens with zero attached hydrogens (tertiary/aromatic N) is 3. The van der Waals surface area contributed by atoms with Gasteiger partial charge in [-0.05, 0) is 33.3 Å². The van der Waals surface area contributed by atoms with Crippen LogP contribution in [-0.2, 0) is 4.74 Å². The lowest BCUT2D eigenvalue weighted by molar-refractivity contribution is -0.119. The van der Waals surface area contributed by atoms with Crippen LogP contribution in [0.2, 0.25) is 0 Å². The van der Waals surface area contributed by atoms with Gasteiger partial charge in [0.15, 0.2) is 5.65 Å². The Morgan fingerprint density at radius 3 is 2.79 bits per heavy atom. The number of nitrogens with one attached hydrogen (secondary N) is 2. The Kier molecular flexibility index (Phi) is 9.58. The molecule has 2 aromatic rings. The number of aliphatic imine (C=N–C) groups is 1. The van der Waals surface area contributed by atoms with Crippen LogP contribution in [0.5, 0.6) is 0 Å². The number of aromatic nitrogens is 3. The van der Waals surface area contributed by atoms with Gasteiger partial charge in [0.1, 0.15) is 11.2 Å². The van der Waals surface area contributed by atoms with Crippen LogP contribution >= 0.6 is 0 Å². The smallest absolute Gasteiger partial charge is 0.345 e. The van der Waals surface area contributed by atoms with Crippen LogP contribution in [0.3, 0.4) is 0 Å². The number of H-pyrrole nitrogens is 1. The Bertz CT molecular complexity index is 1100. The number of rotatable bonds is 11. The summed E-state index contributed by atoms with van der Waals surface area (Å²) in [6.45, 7) is 6.36. The second-order valence-corrected chi connectivity index (χ2v) is 8.23. The van der Waals surface area contributed by atoms with E-state index in [0.29, 0.717) is 34.4 Å². The molecule has 0 saturated carbocycles. The van der Waals surface area contributed by atoms with E-state index in [-0.39, 0.29) is 37.1 Å². The standard InChI is InChI=1S/C23H30F2N6O3/c1-5-14(16(27-9-7-10-32)8-6-11-34-22(24)25)18(26)17-13-29-20-19(30-17)15(12-28-20)21(33)31-23(2,3)4/h5-6,8,12-13,22,32H,1,7,9-11,26H2,2-4H3,(H,28,29)(H,31,33)/b8-6-,18-14?,27-16?. The highest BCUT2D eigenvalue weighted by atomic mass is 19.3. The maximum atomic E-state index is 12.7. The first-order valence-electron chi connectivity index (χ1n) is 10.6. The number of carbonyl (C=O) groups is 1. The number of amides is 1. The summed E-state index contributed by atoms with van der Waals surface area (Å²) in [6.07, 6.45) is 7.68. The molecule has 0 aromatic carbocycles. The van der Waals surface area contributed by atoms with Gasteiger partial charge in [-0.15, -0.1) is 0 Å². The van der Waals surface area contributed by atoms with Crippen molar-refractivity contribution in [3.63, 3.8) is 0 Å². The lowest BCUT2D eigenvalue weighted by Gasteiger charge is -2.20. The Labute approximate surface area is 196 Å². The summed E-state index contributed by atoms with van der Waals surface area (Å²) in [5.74, 6) is -0.315. The van der Waals surface area contributed by atoms with Crippen LogP contribution in [0, 0.1) is 0 Å². The number of aliphatic hydroxyl groups is 1. The Hall–Kier alpha value is -3.44. The lowest BCUT2D eigenvalue weighted by Crippen LogP contribution is -2.40. The second-order valence-electron chi connectivity index (χ2n) is 8.23. The van der Waals surface area contributed by atoms with Gasteiger partial charge in [0.05, 0.1) is 29.8 Å². The van der Waals surface area contributed by atoms with Gasteiger partial charge in [0.2, 0.25) is 0 Å². The molecule has 0 fully saturated rings. The maximum Gasteiger partial charge on any atom is 0.345 e. The fourth-order valence-corrected chi connectivity index (χ4v) is 2.88. The summed E-state index contributed by atoms with van der Waals surface area (Å²) in [5.41, 5.74) is 8.18. The number of hydrogen-bond acceptors (Lipinski definition) is 7. The first-order chi connectivity index (χ1) is 16.1. The first-order valence-corrected chi connectivity index (χ1v) is 10.6. The molecule has 9 nitrogen and oxygen atoms in total. The molecule has 0 aliphatic heterocycles. The highest BCUT2D eigenvalue weighted by molar-refractivity contribution is 6.14. The van der Waals surface area contributed by atoms with E-state index in [0.717, 1.165) is 0 Å². The molecule has 34 heavy (non-hydrogen) atoms.